The molecule has 0 aliphatic rings. The highest BCUT2D eigenvalue weighted by atomic mass is 16.5. The van der Waals surface area contributed by atoms with Crippen LogP contribution in [0.5, 0.6) is 5.75 Å². The molecule has 0 spiro atoms. The Labute approximate surface area is 164 Å². The maximum absolute atomic E-state index is 11.9. The molecular weight excluding hydrogens is 354 g/mol. The number of hydrogen-bond donors (Lipinski definition) is 1. The third kappa shape index (κ3) is 4.03. The Morgan fingerprint density at radius 2 is 1.93 bits per heavy atom. The fourth-order valence-corrected chi connectivity index (χ4v) is 3.14. The van der Waals surface area contributed by atoms with Crippen LogP contribution in [0.3, 0.4) is 0 Å². The van der Waals surface area contributed by atoms with E-state index in [1.165, 1.54) is 0 Å². The molecule has 0 fully saturated rings. The van der Waals surface area contributed by atoms with Crippen molar-refractivity contribution in [1.29, 1.82) is 0 Å². The van der Waals surface area contributed by atoms with Gasteiger partial charge in [-0.1, -0.05) is 12.1 Å². The van der Waals surface area contributed by atoms with E-state index in [0.717, 1.165) is 39.7 Å². The molecule has 0 bridgehead atoms. The monoisotopic (exact) mass is 379 g/mol. The van der Waals surface area contributed by atoms with Gasteiger partial charge in [0.1, 0.15) is 11.6 Å². The lowest BCUT2D eigenvalue weighted by molar-refractivity contribution is -0.120. The number of benzene rings is 1. The van der Waals surface area contributed by atoms with Crippen molar-refractivity contribution in [2.24, 2.45) is 7.05 Å². The number of likely N-dealkylation sites (N-methyl/N-ethyl adjacent to an activating group) is 1. The summed E-state index contributed by atoms with van der Waals surface area (Å²) in [5.74, 6) is 1.11. The van der Waals surface area contributed by atoms with E-state index in [0.29, 0.717) is 12.4 Å². The van der Waals surface area contributed by atoms with Gasteiger partial charge in [0.2, 0.25) is 5.91 Å². The van der Waals surface area contributed by atoms with Crippen LogP contribution in [0.25, 0.3) is 22.5 Å². The highest BCUT2D eigenvalue weighted by Gasteiger charge is 2.17. The summed E-state index contributed by atoms with van der Waals surface area (Å²) in [5.41, 5.74) is 5.27. The average molecular weight is 379 g/mol. The first-order valence-electron chi connectivity index (χ1n) is 9.25. The molecule has 0 radical (unpaired) electrons. The lowest BCUT2D eigenvalue weighted by Gasteiger charge is -2.10. The first kappa shape index (κ1) is 19.5. The lowest BCUT2D eigenvalue weighted by atomic mass is 10.1. The zero-order chi connectivity index (χ0) is 20.3. The molecule has 0 unspecified atom stereocenters. The van der Waals surface area contributed by atoms with Crippen molar-refractivity contribution in [3.05, 3.63) is 47.5 Å². The first-order valence-corrected chi connectivity index (χ1v) is 9.25. The largest absolute Gasteiger partial charge is 0.494 e. The molecule has 2 aromatic heterocycles. The Hall–Kier alpha value is -3.22. The molecule has 3 aromatic rings. The van der Waals surface area contributed by atoms with Crippen LogP contribution >= 0.6 is 0 Å². The zero-order valence-electron chi connectivity index (χ0n) is 16.9. The van der Waals surface area contributed by atoms with Crippen molar-refractivity contribution in [2.75, 3.05) is 13.7 Å². The molecule has 0 aliphatic carbocycles. The average Bonchev–Trinajstić information content (AvgIpc) is 2.93. The second-order valence-corrected chi connectivity index (χ2v) is 6.53. The molecule has 2 heterocycles. The SMILES string of the molecule is CCOc1cccc(-c2cc(-c3c(C)nn(C)c3C)nc(CC(=O)NC)n2)c1. The minimum Gasteiger partial charge on any atom is -0.494 e. The van der Waals surface area contributed by atoms with Gasteiger partial charge in [-0.2, -0.15) is 5.10 Å². The van der Waals surface area contributed by atoms with Crippen molar-refractivity contribution in [3.8, 4) is 28.3 Å². The molecule has 0 aliphatic heterocycles. The highest BCUT2D eigenvalue weighted by Crippen LogP contribution is 2.29. The molecule has 0 saturated heterocycles. The quantitative estimate of drug-likeness (QED) is 0.712. The Bertz CT molecular complexity index is 1010. The van der Waals surface area contributed by atoms with E-state index < -0.39 is 0 Å². The standard InChI is InChI=1S/C21H25N5O2/c1-6-28-16-9-7-8-15(10-16)17-11-18(21-13(2)25-26(5)14(21)3)24-19(23-17)12-20(27)22-4/h7-11H,6,12H2,1-5H3,(H,22,27). The smallest absolute Gasteiger partial charge is 0.227 e. The topological polar surface area (TPSA) is 81.9 Å². The number of nitrogens with zero attached hydrogens (tertiary/aromatic N) is 4. The Morgan fingerprint density at radius 1 is 1.18 bits per heavy atom. The number of rotatable bonds is 6. The number of aromatic nitrogens is 4. The van der Waals surface area contributed by atoms with Crippen LogP contribution in [0.15, 0.2) is 30.3 Å². The van der Waals surface area contributed by atoms with Gasteiger partial charge in [-0.05, 0) is 39.0 Å². The number of carbonyl (C=O) groups is 1. The molecule has 28 heavy (non-hydrogen) atoms. The Balaban J connectivity index is 2.15. The number of hydrogen-bond acceptors (Lipinski definition) is 5. The molecule has 7 nitrogen and oxygen atoms in total. The van der Waals surface area contributed by atoms with Gasteiger partial charge in [-0.3, -0.25) is 9.48 Å². The number of ether oxygens (including phenoxy) is 1. The second kappa shape index (κ2) is 8.21. The summed E-state index contributed by atoms with van der Waals surface area (Å²) < 4.78 is 7.45. The fraction of sp³-hybridized carbons (Fsp3) is 0.333. The van der Waals surface area contributed by atoms with Gasteiger partial charge in [0.05, 0.1) is 30.1 Å². The van der Waals surface area contributed by atoms with Crippen LogP contribution in [0.1, 0.15) is 24.1 Å². The molecule has 146 valence electrons. The van der Waals surface area contributed by atoms with Gasteiger partial charge in [0.25, 0.3) is 0 Å². The van der Waals surface area contributed by atoms with E-state index in [1.54, 1.807) is 7.05 Å². The molecule has 1 aromatic carbocycles. The van der Waals surface area contributed by atoms with Gasteiger partial charge < -0.3 is 10.1 Å². The number of amides is 1. The predicted octanol–water partition coefficient (Wildman–Crippen LogP) is 2.85. The molecule has 7 heteroatoms. The zero-order valence-corrected chi connectivity index (χ0v) is 16.9. The molecule has 1 amide bonds. The summed E-state index contributed by atoms with van der Waals surface area (Å²) in [7, 11) is 3.51. The van der Waals surface area contributed by atoms with Crippen molar-refractivity contribution in [3.63, 3.8) is 0 Å². The highest BCUT2D eigenvalue weighted by molar-refractivity contribution is 5.78. The molecule has 3 rings (SSSR count). The van der Waals surface area contributed by atoms with E-state index in [-0.39, 0.29) is 12.3 Å². The maximum Gasteiger partial charge on any atom is 0.227 e. The number of carbonyl (C=O) groups excluding carboxylic acids is 1. The second-order valence-electron chi connectivity index (χ2n) is 6.53. The van der Waals surface area contributed by atoms with Crippen molar-refractivity contribution < 1.29 is 9.53 Å². The summed E-state index contributed by atoms with van der Waals surface area (Å²) in [6.07, 6.45) is 0.112. The van der Waals surface area contributed by atoms with Gasteiger partial charge in [-0.15, -0.1) is 0 Å². The van der Waals surface area contributed by atoms with Crippen molar-refractivity contribution in [1.82, 2.24) is 25.1 Å². The number of nitrogens with one attached hydrogen (secondary N) is 1. The van der Waals surface area contributed by atoms with Gasteiger partial charge in [-0.25, -0.2) is 9.97 Å². The van der Waals surface area contributed by atoms with E-state index in [4.69, 9.17) is 4.74 Å². The summed E-state index contributed by atoms with van der Waals surface area (Å²) in [4.78, 5) is 21.2. The van der Waals surface area contributed by atoms with E-state index in [9.17, 15) is 4.79 Å². The van der Waals surface area contributed by atoms with Gasteiger partial charge in [0, 0.05) is 30.9 Å². The minimum atomic E-state index is -0.134. The minimum absolute atomic E-state index is 0.112. The van der Waals surface area contributed by atoms with Crippen molar-refractivity contribution in [2.45, 2.75) is 27.2 Å². The summed E-state index contributed by atoms with van der Waals surface area (Å²) in [6, 6.07) is 9.70. The summed E-state index contributed by atoms with van der Waals surface area (Å²) in [5, 5.41) is 7.12. The molecule has 0 atom stereocenters. The van der Waals surface area contributed by atoms with Crippen LogP contribution < -0.4 is 10.1 Å². The Kier molecular flexibility index (Phi) is 5.73. The van der Waals surface area contributed by atoms with Crippen molar-refractivity contribution >= 4 is 5.91 Å². The third-order valence-corrected chi connectivity index (χ3v) is 4.58. The number of aryl methyl sites for hydroxylation is 2. The maximum atomic E-state index is 11.9. The van der Waals surface area contributed by atoms with Crippen LogP contribution in [0.4, 0.5) is 0 Å². The molecular formula is C21H25N5O2. The van der Waals surface area contributed by atoms with Crippen LogP contribution in [0, 0.1) is 13.8 Å². The third-order valence-electron chi connectivity index (χ3n) is 4.58. The Morgan fingerprint density at radius 3 is 2.57 bits per heavy atom. The van der Waals surface area contributed by atoms with Gasteiger partial charge >= 0.3 is 0 Å². The van der Waals surface area contributed by atoms with Crippen LogP contribution in [-0.4, -0.2) is 39.3 Å². The van der Waals surface area contributed by atoms with Crippen LogP contribution in [0.2, 0.25) is 0 Å². The first-order chi connectivity index (χ1) is 13.4. The lowest BCUT2D eigenvalue weighted by Crippen LogP contribution is -2.21. The predicted molar refractivity (Wildman–Crippen MR) is 108 cm³/mol. The normalized spacial score (nSPS) is 10.8. The van der Waals surface area contributed by atoms with E-state index in [2.05, 4.69) is 20.4 Å². The molecule has 0 saturated carbocycles. The van der Waals surface area contributed by atoms with Gasteiger partial charge in [0.15, 0.2) is 0 Å². The summed E-state index contributed by atoms with van der Waals surface area (Å²) in [6.45, 7) is 6.50. The van der Waals surface area contributed by atoms with Crippen LogP contribution in [-0.2, 0) is 18.3 Å². The fourth-order valence-electron chi connectivity index (χ4n) is 3.14. The van der Waals surface area contributed by atoms with E-state index >= 15 is 0 Å². The summed E-state index contributed by atoms with van der Waals surface area (Å²) >= 11 is 0. The molecule has 1 N–H and O–H groups in total. The van der Waals surface area contributed by atoms with E-state index in [1.807, 2.05) is 62.8 Å².